The van der Waals surface area contributed by atoms with Crippen LogP contribution in [0.1, 0.15) is 36.4 Å². The molecule has 0 spiro atoms. The summed E-state index contributed by atoms with van der Waals surface area (Å²) in [5, 5.41) is 3.89. The summed E-state index contributed by atoms with van der Waals surface area (Å²) in [5.74, 6) is 1.06. The van der Waals surface area contributed by atoms with Crippen LogP contribution in [0.4, 0.5) is 0 Å². The molecule has 0 atom stereocenters. The van der Waals surface area contributed by atoms with Crippen molar-refractivity contribution in [3.05, 3.63) is 27.9 Å². The van der Waals surface area contributed by atoms with Crippen LogP contribution in [-0.4, -0.2) is 19.6 Å². The fourth-order valence-corrected chi connectivity index (χ4v) is 2.07. The van der Waals surface area contributed by atoms with Crippen LogP contribution in [-0.2, 0) is 0 Å². The topological polar surface area (TPSA) is 63.1 Å². The summed E-state index contributed by atoms with van der Waals surface area (Å²) in [5.41, 5.74) is 1.77. The number of nitrogens with one attached hydrogen (secondary N) is 1. The van der Waals surface area contributed by atoms with Crippen LogP contribution in [0.2, 0.25) is 0 Å². The van der Waals surface area contributed by atoms with Gasteiger partial charge in [-0.3, -0.25) is 4.79 Å². The molecule has 1 saturated carbocycles. The average Bonchev–Trinajstić information content (AvgIpc) is 2.58. The van der Waals surface area contributed by atoms with Gasteiger partial charge < -0.3 is 4.98 Å². The Balaban J connectivity index is 2.29. The minimum absolute atomic E-state index is 0.0526. The standard InChI is InChI=1S/C10H12N4O/c1-6-8(7-3-2-4-7)13-10-11-5-12-14(10)9(6)15/h5,7H,2-4H2,1H3,(H,11,12,13). The van der Waals surface area contributed by atoms with E-state index in [-0.39, 0.29) is 5.56 Å². The fourth-order valence-electron chi connectivity index (χ4n) is 2.07. The van der Waals surface area contributed by atoms with Crippen molar-refractivity contribution >= 4 is 5.78 Å². The molecule has 0 radical (unpaired) electrons. The maximum atomic E-state index is 11.9. The summed E-state index contributed by atoms with van der Waals surface area (Å²) in [6.45, 7) is 1.85. The van der Waals surface area contributed by atoms with E-state index < -0.39 is 0 Å². The lowest BCUT2D eigenvalue weighted by Gasteiger charge is -2.26. The quantitative estimate of drug-likeness (QED) is 0.753. The van der Waals surface area contributed by atoms with Crippen molar-refractivity contribution in [2.24, 2.45) is 0 Å². The zero-order valence-electron chi connectivity index (χ0n) is 8.53. The lowest BCUT2D eigenvalue weighted by Crippen LogP contribution is -2.24. The van der Waals surface area contributed by atoms with E-state index in [0.717, 1.165) is 11.3 Å². The molecule has 1 fully saturated rings. The highest BCUT2D eigenvalue weighted by atomic mass is 16.1. The Morgan fingerprint density at radius 2 is 2.33 bits per heavy atom. The van der Waals surface area contributed by atoms with E-state index >= 15 is 0 Å². The third-order valence-electron chi connectivity index (χ3n) is 3.22. The van der Waals surface area contributed by atoms with Crippen LogP contribution < -0.4 is 5.56 Å². The first-order valence-electron chi connectivity index (χ1n) is 5.20. The van der Waals surface area contributed by atoms with Crippen molar-refractivity contribution in [2.45, 2.75) is 32.1 Å². The molecule has 2 aromatic heterocycles. The lowest BCUT2D eigenvalue weighted by molar-refractivity contribution is 0.408. The normalized spacial score (nSPS) is 16.9. The van der Waals surface area contributed by atoms with Crippen molar-refractivity contribution in [3.63, 3.8) is 0 Å². The van der Waals surface area contributed by atoms with Gasteiger partial charge in [0.25, 0.3) is 5.56 Å². The largest absolute Gasteiger partial charge is 0.327 e. The Morgan fingerprint density at radius 3 is 3.00 bits per heavy atom. The molecule has 0 bridgehead atoms. The summed E-state index contributed by atoms with van der Waals surface area (Å²) in [4.78, 5) is 19.1. The van der Waals surface area contributed by atoms with Crippen LogP contribution in [0.3, 0.4) is 0 Å². The zero-order valence-corrected chi connectivity index (χ0v) is 8.53. The van der Waals surface area contributed by atoms with Gasteiger partial charge in [0.1, 0.15) is 6.33 Å². The van der Waals surface area contributed by atoms with E-state index in [0.29, 0.717) is 11.7 Å². The molecule has 3 rings (SSSR count). The van der Waals surface area contributed by atoms with Gasteiger partial charge in [-0.15, -0.1) is 0 Å². The number of aromatic nitrogens is 4. The van der Waals surface area contributed by atoms with E-state index in [9.17, 15) is 4.79 Å². The smallest absolute Gasteiger partial charge is 0.278 e. The second-order valence-electron chi connectivity index (χ2n) is 4.09. The van der Waals surface area contributed by atoms with E-state index in [1.54, 1.807) is 0 Å². The molecule has 0 aliphatic heterocycles. The molecule has 15 heavy (non-hydrogen) atoms. The van der Waals surface area contributed by atoms with Gasteiger partial charge in [0.15, 0.2) is 0 Å². The first-order valence-corrected chi connectivity index (χ1v) is 5.20. The maximum absolute atomic E-state index is 11.9. The average molecular weight is 204 g/mol. The molecule has 2 heterocycles. The number of aromatic amines is 1. The van der Waals surface area contributed by atoms with Crippen molar-refractivity contribution in [1.82, 2.24) is 19.6 Å². The molecule has 0 unspecified atom stereocenters. The Kier molecular flexibility index (Phi) is 1.68. The zero-order chi connectivity index (χ0) is 10.4. The number of H-pyrrole nitrogens is 1. The molecule has 2 aromatic rings. The number of hydrogen-bond donors (Lipinski definition) is 1. The highest BCUT2D eigenvalue weighted by molar-refractivity contribution is 5.33. The van der Waals surface area contributed by atoms with Crippen molar-refractivity contribution < 1.29 is 0 Å². The molecule has 0 amide bonds. The SMILES string of the molecule is Cc1c(C2CCC2)[nH]c2ncnn2c1=O. The lowest BCUT2D eigenvalue weighted by atomic mass is 9.81. The summed E-state index contributed by atoms with van der Waals surface area (Å²) >= 11 is 0. The van der Waals surface area contributed by atoms with Crippen molar-refractivity contribution in [3.8, 4) is 0 Å². The van der Waals surface area contributed by atoms with Gasteiger partial charge in [0, 0.05) is 11.3 Å². The second-order valence-corrected chi connectivity index (χ2v) is 4.09. The van der Waals surface area contributed by atoms with Gasteiger partial charge in [0.05, 0.1) is 0 Å². The van der Waals surface area contributed by atoms with Gasteiger partial charge in [-0.1, -0.05) is 6.42 Å². The first-order chi connectivity index (χ1) is 7.27. The minimum atomic E-state index is -0.0526. The maximum Gasteiger partial charge on any atom is 0.278 e. The molecular formula is C10H12N4O. The number of hydrogen-bond acceptors (Lipinski definition) is 3. The van der Waals surface area contributed by atoms with Gasteiger partial charge >= 0.3 is 0 Å². The van der Waals surface area contributed by atoms with Crippen LogP contribution in [0.5, 0.6) is 0 Å². The third-order valence-corrected chi connectivity index (χ3v) is 3.22. The molecule has 5 nitrogen and oxygen atoms in total. The number of fused-ring (bicyclic) bond motifs is 1. The Morgan fingerprint density at radius 1 is 1.53 bits per heavy atom. The van der Waals surface area contributed by atoms with Crippen LogP contribution in [0.15, 0.2) is 11.1 Å². The van der Waals surface area contributed by atoms with Crippen LogP contribution >= 0.6 is 0 Å². The molecule has 1 aliphatic rings. The molecule has 0 saturated heterocycles. The monoisotopic (exact) mass is 204 g/mol. The Hall–Kier alpha value is -1.65. The fraction of sp³-hybridized carbons (Fsp3) is 0.500. The highest BCUT2D eigenvalue weighted by Crippen LogP contribution is 2.35. The number of rotatable bonds is 1. The van der Waals surface area contributed by atoms with E-state index in [1.807, 2.05) is 6.92 Å². The van der Waals surface area contributed by atoms with E-state index in [4.69, 9.17) is 0 Å². The molecule has 0 aromatic carbocycles. The van der Waals surface area contributed by atoms with Gasteiger partial charge in [-0.05, 0) is 25.7 Å². The van der Waals surface area contributed by atoms with Gasteiger partial charge in [-0.2, -0.15) is 14.6 Å². The second kappa shape index (κ2) is 2.92. The summed E-state index contributed by atoms with van der Waals surface area (Å²) in [6.07, 6.45) is 4.99. The molecule has 78 valence electrons. The molecule has 5 heteroatoms. The minimum Gasteiger partial charge on any atom is -0.327 e. The highest BCUT2D eigenvalue weighted by Gasteiger charge is 2.24. The first kappa shape index (κ1) is 8.64. The Labute approximate surface area is 86.2 Å². The van der Waals surface area contributed by atoms with Crippen LogP contribution in [0, 0.1) is 6.92 Å². The van der Waals surface area contributed by atoms with E-state index in [2.05, 4.69) is 15.1 Å². The molecule has 1 aliphatic carbocycles. The third kappa shape index (κ3) is 1.12. The van der Waals surface area contributed by atoms with Crippen molar-refractivity contribution in [2.75, 3.05) is 0 Å². The predicted octanol–water partition coefficient (Wildman–Crippen LogP) is 0.994. The van der Waals surface area contributed by atoms with E-state index in [1.165, 1.54) is 30.1 Å². The van der Waals surface area contributed by atoms with Gasteiger partial charge in [-0.25, -0.2) is 0 Å². The number of nitrogens with zero attached hydrogens (tertiary/aromatic N) is 3. The summed E-state index contributed by atoms with van der Waals surface area (Å²) in [7, 11) is 0. The van der Waals surface area contributed by atoms with Crippen molar-refractivity contribution in [1.29, 1.82) is 0 Å². The molecular weight excluding hydrogens is 192 g/mol. The summed E-state index contributed by atoms with van der Waals surface area (Å²) < 4.78 is 1.32. The Bertz CT molecular complexity index is 564. The van der Waals surface area contributed by atoms with Crippen LogP contribution in [0.25, 0.3) is 5.78 Å². The summed E-state index contributed by atoms with van der Waals surface area (Å²) in [6, 6.07) is 0. The predicted molar refractivity (Wildman–Crippen MR) is 54.9 cm³/mol. The molecule has 1 N–H and O–H groups in total. The van der Waals surface area contributed by atoms with Gasteiger partial charge in [0.2, 0.25) is 5.78 Å².